The summed E-state index contributed by atoms with van der Waals surface area (Å²) in [4.78, 5) is 17.3. The van der Waals surface area contributed by atoms with E-state index in [0.717, 1.165) is 0 Å². The highest BCUT2D eigenvalue weighted by Crippen LogP contribution is 2.41. The van der Waals surface area contributed by atoms with Gasteiger partial charge in [0.2, 0.25) is 11.9 Å². The molecular weight excluding hydrogens is 385 g/mol. The first-order chi connectivity index (χ1) is 13.1. The van der Waals surface area contributed by atoms with Crippen LogP contribution in [0.3, 0.4) is 0 Å². The Morgan fingerprint density at radius 1 is 1.15 bits per heavy atom. The molecule has 1 aromatic heterocycles. The van der Waals surface area contributed by atoms with Crippen molar-refractivity contribution in [1.29, 1.82) is 0 Å². The van der Waals surface area contributed by atoms with Crippen LogP contribution < -0.4 is 10.6 Å². The van der Waals surface area contributed by atoms with Crippen molar-refractivity contribution >= 4 is 40.7 Å². The van der Waals surface area contributed by atoms with E-state index in [1.807, 2.05) is 36.4 Å². The minimum atomic E-state index is -0.671. The molecule has 0 bridgehead atoms. The van der Waals surface area contributed by atoms with Crippen LogP contribution in [0.4, 0.5) is 11.6 Å². The lowest BCUT2D eigenvalue weighted by atomic mass is 9.88. The van der Waals surface area contributed by atoms with Gasteiger partial charge in [0.25, 0.3) is 0 Å². The Balaban J connectivity index is 1.79. The van der Waals surface area contributed by atoms with E-state index in [0.29, 0.717) is 32.9 Å². The summed E-state index contributed by atoms with van der Waals surface area (Å²) in [6, 6.07) is 14.0. The maximum atomic E-state index is 13.1. The van der Waals surface area contributed by atoms with Gasteiger partial charge < -0.3 is 10.6 Å². The smallest absolute Gasteiger partial charge is 0.235 e. The van der Waals surface area contributed by atoms with Crippen molar-refractivity contribution < 1.29 is 4.79 Å². The number of aromatic nitrogens is 3. The van der Waals surface area contributed by atoms with Gasteiger partial charge in [-0.3, -0.25) is 4.79 Å². The number of carbonyl (C=O) groups excluding carboxylic acids is 1. The zero-order chi connectivity index (χ0) is 19.0. The minimum absolute atomic E-state index is 0.235. The summed E-state index contributed by atoms with van der Waals surface area (Å²) in [6.45, 7) is 4.04. The highest BCUT2D eigenvalue weighted by Gasteiger charge is 2.40. The number of nitrogens with zero attached hydrogens (tertiary/aromatic N) is 3. The lowest BCUT2D eigenvalue weighted by molar-refractivity contribution is -0.119. The first kappa shape index (κ1) is 17.6. The van der Waals surface area contributed by atoms with E-state index in [4.69, 9.17) is 23.2 Å². The third-order valence-electron chi connectivity index (χ3n) is 4.42. The molecule has 4 rings (SSSR count). The van der Waals surface area contributed by atoms with Gasteiger partial charge in [0, 0.05) is 11.4 Å². The SMILES string of the molecule is C=C1Nc2ncnn2C(c2cccc(Cl)c2Cl)C1C(=O)Nc1ccccc1. The van der Waals surface area contributed by atoms with Crippen molar-refractivity contribution in [3.05, 3.63) is 82.7 Å². The van der Waals surface area contributed by atoms with Crippen molar-refractivity contribution in [3.8, 4) is 0 Å². The number of fused-ring (bicyclic) bond motifs is 1. The Hall–Kier alpha value is -2.83. The second kappa shape index (κ2) is 7.06. The van der Waals surface area contributed by atoms with Crippen LogP contribution in [0.1, 0.15) is 11.6 Å². The first-order valence-corrected chi connectivity index (χ1v) is 8.97. The quantitative estimate of drug-likeness (QED) is 0.685. The highest BCUT2D eigenvalue weighted by atomic mass is 35.5. The van der Waals surface area contributed by atoms with Gasteiger partial charge >= 0.3 is 0 Å². The van der Waals surface area contributed by atoms with E-state index in [1.54, 1.807) is 16.8 Å². The number of halogens is 2. The number of para-hydroxylation sites is 1. The maximum absolute atomic E-state index is 13.1. The Kier molecular flexibility index (Phi) is 4.59. The summed E-state index contributed by atoms with van der Waals surface area (Å²) in [5.74, 6) is -0.416. The molecule has 0 saturated heterocycles. The van der Waals surface area contributed by atoms with Gasteiger partial charge in [-0.1, -0.05) is 60.1 Å². The standard InChI is InChI=1S/C19H15Cl2N5O/c1-11-15(18(27)25-12-6-3-2-4-7-12)17(26-19(24-11)22-10-23-26)13-8-5-9-14(20)16(13)21/h2-10,15,17H,1H2,(H,25,27)(H,22,23,24). The molecule has 0 fully saturated rings. The van der Waals surface area contributed by atoms with Crippen molar-refractivity contribution in [2.45, 2.75) is 6.04 Å². The van der Waals surface area contributed by atoms with Crippen LogP contribution in [0.5, 0.6) is 0 Å². The predicted octanol–water partition coefficient (Wildman–Crippen LogP) is 4.37. The van der Waals surface area contributed by atoms with Crippen molar-refractivity contribution in [3.63, 3.8) is 0 Å². The monoisotopic (exact) mass is 399 g/mol. The summed E-state index contributed by atoms with van der Waals surface area (Å²) in [7, 11) is 0. The fourth-order valence-electron chi connectivity index (χ4n) is 3.20. The van der Waals surface area contributed by atoms with Gasteiger partial charge in [-0.05, 0) is 23.8 Å². The summed E-state index contributed by atoms with van der Waals surface area (Å²) in [6.07, 6.45) is 1.42. The Morgan fingerprint density at radius 3 is 2.70 bits per heavy atom. The molecule has 0 radical (unpaired) electrons. The zero-order valence-electron chi connectivity index (χ0n) is 14.1. The molecule has 1 amide bonds. The van der Waals surface area contributed by atoms with Crippen LogP contribution in [-0.2, 0) is 4.79 Å². The molecule has 1 aliphatic rings. The van der Waals surface area contributed by atoms with Gasteiger partial charge in [0.15, 0.2) is 0 Å². The lowest BCUT2D eigenvalue weighted by Gasteiger charge is -2.34. The summed E-state index contributed by atoms with van der Waals surface area (Å²) in [5.41, 5.74) is 1.87. The Bertz CT molecular complexity index is 1020. The third-order valence-corrected chi connectivity index (χ3v) is 5.26. The molecule has 2 unspecified atom stereocenters. The van der Waals surface area contributed by atoms with E-state index in [9.17, 15) is 4.79 Å². The molecule has 3 aromatic rings. The number of carbonyl (C=O) groups is 1. The Labute approximate surface area is 165 Å². The number of anilines is 2. The predicted molar refractivity (Wildman–Crippen MR) is 106 cm³/mol. The van der Waals surface area contributed by atoms with Crippen LogP contribution in [0.25, 0.3) is 0 Å². The largest absolute Gasteiger partial charge is 0.328 e. The molecule has 2 atom stereocenters. The lowest BCUT2D eigenvalue weighted by Crippen LogP contribution is -2.39. The second-order valence-electron chi connectivity index (χ2n) is 6.10. The van der Waals surface area contributed by atoms with Crippen LogP contribution >= 0.6 is 23.2 Å². The van der Waals surface area contributed by atoms with E-state index >= 15 is 0 Å². The number of hydrogen-bond donors (Lipinski definition) is 2. The van der Waals surface area contributed by atoms with E-state index in [-0.39, 0.29) is 5.91 Å². The maximum Gasteiger partial charge on any atom is 0.235 e. The van der Waals surface area contributed by atoms with Gasteiger partial charge in [0.05, 0.1) is 16.1 Å². The summed E-state index contributed by atoms with van der Waals surface area (Å²) < 4.78 is 1.63. The average molecular weight is 400 g/mol. The first-order valence-electron chi connectivity index (χ1n) is 8.21. The van der Waals surface area contributed by atoms with Crippen molar-refractivity contribution in [2.24, 2.45) is 5.92 Å². The summed E-state index contributed by atoms with van der Waals surface area (Å²) >= 11 is 12.7. The number of benzene rings is 2. The fourth-order valence-corrected chi connectivity index (χ4v) is 3.62. The molecule has 0 aliphatic carbocycles. The summed E-state index contributed by atoms with van der Waals surface area (Å²) in [5, 5.41) is 11.0. The van der Waals surface area contributed by atoms with Crippen LogP contribution in [0, 0.1) is 5.92 Å². The van der Waals surface area contributed by atoms with Crippen LogP contribution in [0.2, 0.25) is 10.0 Å². The Morgan fingerprint density at radius 2 is 1.93 bits per heavy atom. The molecule has 8 heteroatoms. The number of amides is 1. The number of nitrogens with one attached hydrogen (secondary N) is 2. The van der Waals surface area contributed by atoms with Gasteiger partial charge in [0.1, 0.15) is 12.2 Å². The second-order valence-corrected chi connectivity index (χ2v) is 6.88. The van der Waals surface area contributed by atoms with Crippen LogP contribution in [-0.4, -0.2) is 20.7 Å². The molecule has 2 N–H and O–H groups in total. The minimum Gasteiger partial charge on any atom is -0.328 e. The van der Waals surface area contributed by atoms with Gasteiger partial charge in [-0.25, -0.2) is 4.68 Å². The molecular formula is C19H15Cl2N5O. The van der Waals surface area contributed by atoms with Gasteiger partial charge in [-0.2, -0.15) is 10.1 Å². The molecule has 2 heterocycles. The van der Waals surface area contributed by atoms with Crippen LogP contribution in [0.15, 0.2) is 67.1 Å². The molecule has 6 nitrogen and oxygen atoms in total. The average Bonchev–Trinajstić information content (AvgIpc) is 3.12. The van der Waals surface area contributed by atoms with Crippen molar-refractivity contribution in [2.75, 3.05) is 10.6 Å². The molecule has 27 heavy (non-hydrogen) atoms. The molecule has 0 saturated carbocycles. The highest BCUT2D eigenvalue weighted by molar-refractivity contribution is 6.42. The zero-order valence-corrected chi connectivity index (χ0v) is 15.6. The van der Waals surface area contributed by atoms with Gasteiger partial charge in [-0.15, -0.1) is 0 Å². The normalized spacial score (nSPS) is 18.5. The van der Waals surface area contributed by atoms with E-state index < -0.39 is 12.0 Å². The molecule has 136 valence electrons. The third kappa shape index (κ3) is 3.18. The molecule has 1 aliphatic heterocycles. The topological polar surface area (TPSA) is 71.8 Å². The number of hydrogen-bond acceptors (Lipinski definition) is 4. The van der Waals surface area contributed by atoms with E-state index in [2.05, 4.69) is 27.3 Å². The van der Waals surface area contributed by atoms with Crippen molar-refractivity contribution in [1.82, 2.24) is 14.8 Å². The van der Waals surface area contributed by atoms with E-state index in [1.165, 1.54) is 6.33 Å². The molecule has 0 spiro atoms. The fraction of sp³-hybridized carbons (Fsp3) is 0.105. The molecule has 2 aromatic carbocycles. The number of rotatable bonds is 3.